The molecule has 84 valence electrons. The van der Waals surface area contributed by atoms with Crippen LogP contribution in [0.1, 0.15) is 23.7 Å². The van der Waals surface area contributed by atoms with Gasteiger partial charge in [-0.2, -0.15) is 0 Å². The van der Waals surface area contributed by atoms with Crippen LogP contribution in [0.25, 0.3) is 0 Å². The van der Waals surface area contributed by atoms with E-state index in [-0.39, 0.29) is 12.1 Å². The second-order valence-electron chi connectivity index (χ2n) is 3.72. The Morgan fingerprint density at radius 1 is 1.44 bits per heavy atom. The van der Waals surface area contributed by atoms with E-state index in [1.807, 2.05) is 6.92 Å². The Morgan fingerprint density at radius 3 is 2.69 bits per heavy atom. The van der Waals surface area contributed by atoms with Gasteiger partial charge in [0.05, 0.1) is 6.04 Å². The minimum Gasteiger partial charge on any atom is -0.447 e. The molecular weight excluding hydrogens is 206 g/mol. The fourth-order valence-electron chi connectivity index (χ4n) is 1.79. The second-order valence-corrected chi connectivity index (χ2v) is 3.72. The maximum atomic E-state index is 11.5. The SMILES string of the molecule is CC[C@@H]1COC(=O)N1c1ccc(C=O)cc1. The van der Waals surface area contributed by atoms with Gasteiger partial charge in [0.15, 0.2) is 0 Å². The maximum Gasteiger partial charge on any atom is 0.414 e. The number of rotatable bonds is 3. The third kappa shape index (κ3) is 1.78. The van der Waals surface area contributed by atoms with Crippen molar-refractivity contribution in [1.29, 1.82) is 0 Å². The number of cyclic esters (lactones) is 1. The van der Waals surface area contributed by atoms with Gasteiger partial charge < -0.3 is 4.74 Å². The van der Waals surface area contributed by atoms with Crippen LogP contribution in [0, 0.1) is 0 Å². The first-order chi connectivity index (χ1) is 7.76. The molecule has 2 rings (SSSR count). The second kappa shape index (κ2) is 4.35. The highest BCUT2D eigenvalue weighted by atomic mass is 16.6. The number of benzene rings is 1. The van der Waals surface area contributed by atoms with Crippen molar-refractivity contribution in [2.24, 2.45) is 0 Å². The van der Waals surface area contributed by atoms with Crippen molar-refractivity contribution >= 4 is 18.1 Å². The van der Waals surface area contributed by atoms with Gasteiger partial charge in [-0.3, -0.25) is 9.69 Å². The molecule has 4 nitrogen and oxygen atoms in total. The van der Waals surface area contributed by atoms with Crippen LogP contribution in [-0.2, 0) is 4.74 Å². The molecule has 1 heterocycles. The van der Waals surface area contributed by atoms with E-state index in [0.29, 0.717) is 12.2 Å². The predicted molar refractivity (Wildman–Crippen MR) is 59.7 cm³/mol. The lowest BCUT2D eigenvalue weighted by molar-refractivity contribution is 0.112. The van der Waals surface area contributed by atoms with Gasteiger partial charge >= 0.3 is 6.09 Å². The van der Waals surface area contributed by atoms with Crippen LogP contribution in [-0.4, -0.2) is 25.0 Å². The Bertz CT molecular complexity index is 399. The summed E-state index contributed by atoms with van der Waals surface area (Å²) in [5, 5.41) is 0. The zero-order chi connectivity index (χ0) is 11.5. The van der Waals surface area contributed by atoms with E-state index in [2.05, 4.69) is 0 Å². The number of amides is 1. The van der Waals surface area contributed by atoms with Crippen molar-refractivity contribution in [3.05, 3.63) is 29.8 Å². The zero-order valence-corrected chi connectivity index (χ0v) is 9.05. The van der Waals surface area contributed by atoms with E-state index in [1.54, 1.807) is 29.2 Å². The van der Waals surface area contributed by atoms with Crippen LogP contribution in [0.15, 0.2) is 24.3 Å². The molecule has 4 heteroatoms. The minimum absolute atomic E-state index is 0.0922. The van der Waals surface area contributed by atoms with Crippen molar-refractivity contribution in [2.45, 2.75) is 19.4 Å². The Morgan fingerprint density at radius 2 is 2.12 bits per heavy atom. The molecule has 0 saturated carbocycles. The van der Waals surface area contributed by atoms with Gasteiger partial charge in [-0.15, -0.1) is 0 Å². The lowest BCUT2D eigenvalue weighted by atomic mass is 10.1. The molecule has 0 spiro atoms. The molecule has 0 unspecified atom stereocenters. The number of hydrogen-bond acceptors (Lipinski definition) is 3. The van der Waals surface area contributed by atoms with Crippen molar-refractivity contribution in [3.8, 4) is 0 Å². The average molecular weight is 219 g/mol. The number of carbonyl (C=O) groups is 2. The largest absolute Gasteiger partial charge is 0.447 e. The normalized spacial score (nSPS) is 19.7. The van der Waals surface area contributed by atoms with E-state index >= 15 is 0 Å². The summed E-state index contributed by atoms with van der Waals surface area (Å²) >= 11 is 0. The van der Waals surface area contributed by atoms with Gasteiger partial charge in [0.25, 0.3) is 0 Å². The lowest BCUT2D eigenvalue weighted by Gasteiger charge is -2.19. The highest BCUT2D eigenvalue weighted by Crippen LogP contribution is 2.24. The quantitative estimate of drug-likeness (QED) is 0.732. The molecule has 1 fully saturated rings. The summed E-state index contributed by atoms with van der Waals surface area (Å²) in [4.78, 5) is 23.7. The molecule has 16 heavy (non-hydrogen) atoms. The van der Waals surface area contributed by atoms with E-state index < -0.39 is 0 Å². The Labute approximate surface area is 93.8 Å². The smallest absolute Gasteiger partial charge is 0.414 e. The first kappa shape index (κ1) is 10.7. The monoisotopic (exact) mass is 219 g/mol. The van der Waals surface area contributed by atoms with Gasteiger partial charge in [-0.1, -0.05) is 6.92 Å². The molecule has 0 N–H and O–H groups in total. The number of carbonyl (C=O) groups excluding carboxylic acids is 2. The number of nitrogens with zero attached hydrogens (tertiary/aromatic N) is 1. The zero-order valence-electron chi connectivity index (χ0n) is 9.05. The average Bonchev–Trinajstić information content (AvgIpc) is 2.70. The molecule has 0 aliphatic carbocycles. The summed E-state index contributed by atoms with van der Waals surface area (Å²) in [5.41, 5.74) is 1.38. The third-order valence-corrected chi connectivity index (χ3v) is 2.74. The van der Waals surface area contributed by atoms with Gasteiger partial charge in [0, 0.05) is 11.3 Å². The molecule has 1 aliphatic heterocycles. The Balaban J connectivity index is 2.27. The van der Waals surface area contributed by atoms with Crippen LogP contribution >= 0.6 is 0 Å². The Kier molecular flexibility index (Phi) is 2.90. The molecule has 1 aromatic rings. The minimum atomic E-state index is -0.314. The predicted octanol–water partition coefficient (Wildman–Crippen LogP) is 2.23. The van der Waals surface area contributed by atoms with Gasteiger partial charge in [0.2, 0.25) is 0 Å². The van der Waals surface area contributed by atoms with Gasteiger partial charge in [-0.25, -0.2) is 4.79 Å². The molecule has 1 aliphatic rings. The number of ether oxygens (including phenoxy) is 1. The fraction of sp³-hybridized carbons (Fsp3) is 0.333. The van der Waals surface area contributed by atoms with Crippen LogP contribution in [0.3, 0.4) is 0 Å². The Hall–Kier alpha value is -1.84. The summed E-state index contributed by atoms with van der Waals surface area (Å²) < 4.78 is 5.00. The summed E-state index contributed by atoms with van der Waals surface area (Å²) in [6.07, 6.45) is 1.32. The van der Waals surface area contributed by atoms with Crippen molar-refractivity contribution in [1.82, 2.24) is 0 Å². The maximum absolute atomic E-state index is 11.5. The first-order valence-corrected chi connectivity index (χ1v) is 5.27. The molecule has 1 atom stereocenters. The van der Waals surface area contributed by atoms with E-state index in [9.17, 15) is 9.59 Å². The first-order valence-electron chi connectivity index (χ1n) is 5.27. The molecule has 1 aromatic carbocycles. The highest BCUT2D eigenvalue weighted by molar-refractivity contribution is 5.90. The number of aldehydes is 1. The molecule has 0 radical (unpaired) electrons. The van der Waals surface area contributed by atoms with E-state index in [4.69, 9.17) is 4.74 Å². The van der Waals surface area contributed by atoms with Gasteiger partial charge in [-0.05, 0) is 30.7 Å². The lowest BCUT2D eigenvalue weighted by Crippen LogP contribution is -2.32. The van der Waals surface area contributed by atoms with Crippen molar-refractivity contribution in [2.75, 3.05) is 11.5 Å². The van der Waals surface area contributed by atoms with Crippen molar-refractivity contribution < 1.29 is 14.3 Å². The summed E-state index contributed by atoms with van der Waals surface area (Å²) in [7, 11) is 0. The molecular formula is C12H13NO3. The molecule has 0 bridgehead atoms. The summed E-state index contributed by atoms with van der Waals surface area (Å²) in [6, 6.07) is 7.01. The van der Waals surface area contributed by atoms with Gasteiger partial charge in [0.1, 0.15) is 12.9 Å². The molecule has 0 aromatic heterocycles. The van der Waals surface area contributed by atoms with Crippen LogP contribution in [0.5, 0.6) is 0 Å². The molecule has 1 saturated heterocycles. The topological polar surface area (TPSA) is 46.6 Å². The van der Waals surface area contributed by atoms with E-state index in [1.165, 1.54) is 0 Å². The van der Waals surface area contributed by atoms with Crippen molar-refractivity contribution in [3.63, 3.8) is 0 Å². The number of anilines is 1. The highest BCUT2D eigenvalue weighted by Gasteiger charge is 2.32. The molecule has 1 amide bonds. The summed E-state index contributed by atoms with van der Waals surface area (Å²) in [5.74, 6) is 0. The van der Waals surface area contributed by atoms with Crippen LogP contribution < -0.4 is 4.90 Å². The van der Waals surface area contributed by atoms with Crippen LogP contribution in [0.4, 0.5) is 10.5 Å². The fourth-order valence-corrected chi connectivity index (χ4v) is 1.79. The summed E-state index contributed by atoms with van der Waals surface area (Å²) in [6.45, 7) is 2.45. The standard InChI is InChI=1S/C12H13NO3/c1-2-10-8-16-12(15)13(10)11-5-3-9(7-14)4-6-11/h3-7,10H,2,8H2,1H3/t10-/m1/s1. The number of hydrogen-bond donors (Lipinski definition) is 0. The van der Waals surface area contributed by atoms with E-state index in [0.717, 1.165) is 18.4 Å². The van der Waals surface area contributed by atoms with Crippen LogP contribution in [0.2, 0.25) is 0 Å². The third-order valence-electron chi connectivity index (χ3n) is 2.74.